The van der Waals surface area contributed by atoms with Crippen LogP contribution < -0.4 is 0 Å². The average molecular weight is 206 g/mol. The summed E-state index contributed by atoms with van der Waals surface area (Å²) in [5, 5.41) is 8.52. The smallest absolute Gasteiger partial charge is 0.318 e. The molecule has 0 aliphatic carbocycles. The average Bonchev–Trinajstić information content (AvgIpc) is 2.48. The Morgan fingerprint density at radius 2 is 2.07 bits per heavy atom. The summed E-state index contributed by atoms with van der Waals surface area (Å²) in [6, 6.07) is 0.0127. The Morgan fingerprint density at radius 3 is 2.43 bits per heavy atom. The van der Waals surface area contributed by atoms with Gasteiger partial charge in [0.25, 0.3) is 0 Å². The molecule has 2 atom stereocenters. The summed E-state index contributed by atoms with van der Waals surface area (Å²) in [4.78, 5) is 1.45. The maximum absolute atomic E-state index is 11.7. The number of ether oxygens (including phenoxy) is 1. The van der Waals surface area contributed by atoms with Crippen molar-refractivity contribution in [3.63, 3.8) is 0 Å². The number of alkyl halides is 2. The number of rotatable bonds is 2. The van der Waals surface area contributed by atoms with E-state index in [-0.39, 0.29) is 12.6 Å². The molecule has 2 unspecified atom stereocenters. The number of likely N-dealkylation sites (tertiary alicyclic amines) is 1. The zero-order valence-corrected chi connectivity index (χ0v) is 8.70. The molecule has 1 saturated heterocycles. The number of nitriles is 1. The highest BCUT2D eigenvalue weighted by Gasteiger charge is 2.30. The van der Waals surface area contributed by atoms with Crippen LogP contribution in [0.5, 0.6) is 0 Å². The van der Waals surface area contributed by atoms with Gasteiger partial charge in [-0.1, -0.05) is 13.8 Å². The largest absolute Gasteiger partial charge is 0.345 e. The van der Waals surface area contributed by atoms with Crippen molar-refractivity contribution in [2.45, 2.75) is 45.9 Å². The first-order valence-corrected chi connectivity index (χ1v) is 4.73. The predicted molar refractivity (Wildman–Crippen MR) is 48.6 cm³/mol. The molecule has 0 radical (unpaired) electrons. The van der Waals surface area contributed by atoms with Crippen LogP contribution in [0.3, 0.4) is 0 Å². The van der Waals surface area contributed by atoms with Crippen molar-refractivity contribution in [2.75, 3.05) is 6.54 Å². The van der Waals surface area contributed by atoms with Gasteiger partial charge < -0.3 is 9.64 Å². The fourth-order valence-corrected chi connectivity index (χ4v) is 1.37. The first-order valence-electron chi connectivity index (χ1n) is 4.73. The van der Waals surface area contributed by atoms with Gasteiger partial charge in [0.05, 0.1) is 12.6 Å². The van der Waals surface area contributed by atoms with E-state index >= 15 is 0 Å². The Balaban J connectivity index is 0.000000791. The lowest BCUT2D eigenvalue weighted by atomic mass is 10.2. The molecular weight excluding hydrogens is 190 g/mol. The van der Waals surface area contributed by atoms with Gasteiger partial charge in [-0.25, -0.2) is 0 Å². The second-order valence-corrected chi connectivity index (χ2v) is 2.86. The maximum atomic E-state index is 11.7. The lowest BCUT2D eigenvalue weighted by molar-refractivity contribution is -0.158. The molecule has 1 heterocycles. The molecule has 5 heteroatoms. The molecule has 0 aromatic heterocycles. The van der Waals surface area contributed by atoms with Gasteiger partial charge in [0.15, 0.2) is 6.19 Å². The number of halogens is 2. The standard InChI is InChI=1S/C7H10F2N2O.C2H6/c1-5-2-6(12-7(8)9)3-11(5)4-10;1-2/h5-7H,2-3H2,1H3;1-2H3. The minimum atomic E-state index is -2.74. The van der Waals surface area contributed by atoms with E-state index in [2.05, 4.69) is 4.74 Å². The molecule has 0 amide bonds. The quantitative estimate of drug-likeness (QED) is 0.650. The van der Waals surface area contributed by atoms with Crippen molar-refractivity contribution in [2.24, 2.45) is 0 Å². The van der Waals surface area contributed by atoms with Gasteiger partial charge in [-0.3, -0.25) is 0 Å². The topological polar surface area (TPSA) is 36.3 Å². The summed E-state index contributed by atoms with van der Waals surface area (Å²) < 4.78 is 27.7. The van der Waals surface area contributed by atoms with Crippen LogP contribution in [0.15, 0.2) is 0 Å². The molecule has 0 N–H and O–H groups in total. The summed E-state index contributed by atoms with van der Waals surface area (Å²) in [7, 11) is 0. The van der Waals surface area contributed by atoms with Gasteiger partial charge >= 0.3 is 6.61 Å². The molecular formula is C9H16F2N2O. The van der Waals surface area contributed by atoms with E-state index in [1.165, 1.54) is 4.90 Å². The molecule has 0 spiro atoms. The van der Waals surface area contributed by atoms with Crippen molar-refractivity contribution >= 4 is 0 Å². The van der Waals surface area contributed by atoms with Crippen molar-refractivity contribution in [3.05, 3.63) is 0 Å². The molecule has 0 bridgehead atoms. The fourth-order valence-electron chi connectivity index (χ4n) is 1.37. The van der Waals surface area contributed by atoms with E-state index in [1.54, 1.807) is 0 Å². The third-order valence-electron chi connectivity index (χ3n) is 1.96. The molecule has 14 heavy (non-hydrogen) atoms. The Kier molecular flexibility index (Phi) is 6.13. The third kappa shape index (κ3) is 3.88. The minimum absolute atomic E-state index is 0.0127. The van der Waals surface area contributed by atoms with Gasteiger partial charge in [-0.05, 0) is 13.3 Å². The van der Waals surface area contributed by atoms with Crippen molar-refractivity contribution in [3.8, 4) is 6.19 Å². The van der Waals surface area contributed by atoms with Crippen molar-refractivity contribution < 1.29 is 13.5 Å². The first kappa shape index (κ1) is 13.1. The number of hydrogen-bond acceptors (Lipinski definition) is 3. The summed E-state index contributed by atoms with van der Waals surface area (Å²) in [5.74, 6) is 0. The van der Waals surface area contributed by atoms with E-state index < -0.39 is 12.7 Å². The zero-order chi connectivity index (χ0) is 11.1. The molecule has 1 rings (SSSR count). The normalized spacial score (nSPS) is 25.6. The van der Waals surface area contributed by atoms with Crippen LogP contribution in [-0.2, 0) is 4.74 Å². The van der Waals surface area contributed by atoms with E-state index in [9.17, 15) is 8.78 Å². The van der Waals surface area contributed by atoms with E-state index in [4.69, 9.17) is 5.26 Å². The van der Waals surface area contributed by atoms with Crippen LogP contribution in [0.1, 0.15) is 27.2 Å². The summed E-state index contributed by atoms with van der Waals surface area (Å²) in [6.45, 7) is 3.36. The SMILES string of the molecule is CC.CC1CC(OC(F)F)CN1C#N. The minimum Gasteiger partial charge on any atom is -0.318 e. The predicted octanol–water partition coefficient (Wildman–Crippen LogP) is 2.20. The van der Waals surface area contributed by atoms with Crippen molar-refractivity contribution in [1.82, 2.24) is 4.90 Å². The highest BCUT2D eigenvalue weighted by atomic mass is 19.3. The Labute approximate surface area is 83.3 Å². The zero-order valence-electron chi connectivity index (χ0n) is 8.70. The second-order valence-electron chi connectivity index (χ2n) is 2.86. The molecule has 0 saturated carbocycles. The Bertz CT molecular complexity index is 194. The Hall–Kier alpha value is -0.890. The van der Waals surface area contributed by atoms with Crippen LogP contribution in [0, 0.1) is 11.5 Å². The lowest BCUT2D eigenvalue weighted by Crippen LogP contribution is -2.23. The van der Waals surface area contributed by atoms with E-state index in [0.29, 0.717) is 6.42 Å². The van der Waals surface area contributed by atoms with Crippen LogP contribution in [0.4, 0.5) is 8.78 Å². The van der Waals surface area contributed by atoms with Crippen LogP contribution in [0.25, 0.3) is 0 Å². The molecule has 1 fully saturated rings. The highest BCUT2D eigenvalue weighted by Crippen LogP contribution is 2.20. The summed E-state index contributed by atoms with van der Waals surface area (Å²) in [6.07, 6.45) is 1.92. The van der Waals surface area contributed by atoms with E-state index in [1.807, 2.05) is 27.0 Å². The molecule has 82 valence electrons. The second kappa shape index (κ2) is 6.55. The summed E-state index contributed by atoms with van der Waals surface area (Å²) in [5.41, 5.74) is 0. The monoisotopic (exact) mass is 206 g/mol. The van der Waals surface area contributed by atoms with Crippen LogP contribution >= 0.6 is 0 Å². The first-order chi connectivity index (χ1) is 6.63. The number of nitrogens with zero attached hydrogens (tertiary/aromatic N) is 2. The van der Waals surface area contributed by atoms with Gasteiger partial charge in [0, 0.05) is 6.04 Å². The van der Waals surface area contributed by atoms with Gasteiger partial charge in [-0.2, -0.15) is 14.0 Å². The molecule has 1 aliphatic heterocycles. The third-order valence-corrected chi connectivity index (χ3v) is 1.96. The molecule has 1 aliphatic rings. The molecule has 0 aromatic carbocycles. The van der Waals surface area contributed by atoms with Gasteiger partial charge in [-0.15, -0.1) is 0 Å². The summed E-state index contributed by atoms with van der Waals surface area (Å²) >= 11 is 0. The highest BCUT2D eigenvalue weighted by molar-refractivity contribution is 4.90. The lowest BCUT2D eigenvalue weighted by Gasteiger charge is -2.11. The van der Waals surface area contributed by atoms with Crippen molar-refractivity contribution in [1.29, 1.82) is 5.26 Å². The van der Waals surface area contributed by atoms with Gasteiger partial charge in [0.2, 0.25) is 0 Å². The molecule has 3 nitrogen and oxygen atoms in total. The van der Waals surface area contributed by atoms with Gasteiger partial charge in [0.1, 0.15) is 0 Å². The van der Waals surface area contributed by atoms with E-state index in [0.717, 1.165) is 0 Å². The maximum Gasteiger partial charge on any atom is 0.345 e. The van der Waals surface area contributed by atoms with Crippen LogP contribution in [0.2, 0.25) is 0 Å². The molecule has 0 aromatic rings. The van der Waals surface area contributed by atoms with Crippen LogP contribution in [-0.4, -0.2) is 30.2 Å². The Morgan fingerprint density at radius 1 is 1.50 bits per heavy atom. The fraction of sp³-hybridized carbons (Fsp3) is 0.889. The number of hydrogen-bond donors (Lipinski definition) is 0.